The van der Waals surface area contributed by atoms with E-state index in [1.165, 1.54) is 27.1 Å². The maximum atomic E-state index is 5.19. The fraction of sp³-hybridized carbons (Fsp3) is 0.0286. The normalized spacial score (nSPS) is 12.0. The van der Waals surface area contributed by atoms with Crippen molar-refractivity contribution in [2.75, 3.05) is 0 Å². The molecule has 0 atom stereocenters. The summed E-state index contributed by atoms with van der Waals surface area (Å²) < 4.78 is 3.29. The third kappa shape index (κ3) is 4.05. The highest BCUT2D eigenvalue weighted by Crippen LogP contribution is 2.41. The number of aromatic nitrogens is 2. The molecule has 0 saturated carbocycles. The number of benzene rings is 6. The Morgan fingerprint density at radius 2 is 1.28 bits per heavy atom. The Morgan fingerprint density at radius 1 is 0.667 bits per heavy atom. The molecule has 0 N–H and O–H groups in total. The number of hydrogen-bond acceptors (Lipinski definition) is 2. The Kier molecular flexibility index (Phi) is 5.83. The molecule has 0 fully saturated rings. The summed E-state index contributed by atoms with van der Waals surface area (Å²) in [4.78, 5) is 10.0. The summed E-state index contributed by atoms with van der Waals surface area (Å²) in [5, 5.41) is 4.83. The zero-order valence-corrected chi connectivity index (χ0v) is 22.9. The summed E-state index contributed by atoms with van der Waals surface area (Å²) in [6, 6.07) is 44.3. The molecule has 6 aromatic carbocycles. The van der Waals surface area contributed by atoms with Crippen molar-refractivity contribution in [3.63, 3.8) is 0 Å². The minimum absolute atomic E-state index is 0.847. The fourth-order valence-corrected chi connectivity index (χ4v) is 6.17. The lowest BCUT2D eigenvalue weighted by atomic mass is 9.91. The quantitative estimate of drug-likeness (QED) is 0.119. The van der Waals surface area contributed by atoms with E-state index >= 15 is 0 Å². The molecule has 1 aromatic heterocycles. The van der Waals surface area contributed by atoms with Gasteiger partial charge in [0.2, 0.25) is 0 Å². The summed E-state index contributed by atoms with van der Waals surface area (Å²) in [6.45, 7) is 2.04. The van der Waals surface area contributed by atoms with Gasteiger partial charge in [-0.15, -0.1) is 0 Å². The van der Waals surface area contributed by atoms with Crippen LogP contribution in [0, 0.1) is 6.92 Å². The van der Waals surface area contributed by atoms with E-state index in [9.17, 15) is 0 Å². The first-order chi connectivity index (χ1) is 19.2. The highest BCUT2D eigenvalue weighted by Gasteiger charge is 2.18. The van der Waals surface area contributed by atoms with Gasteiger partial charge in [0.1, 0.15) is 11.7 Å². The fourth-order valence-electron chi connectivity index (χ4n) is 5.48. The smallest absolute Gasteiger partial charge is 0.146 e. The molecule has 3 nitrogen and oxygen atoms in total. The van der Waals surface area contributed by atoms with Crippen LogP contribution in [-0.2, 0) is 0 Å². The van der Waals surface area contributed by atoms with E-state index in [2.05, 4.69) is 111 Å². The molecular formula is C35H24BrN3. The van der Waals surface area contributed by atoms with Crippen LogP contribution in [0.5, 0.6) is 0 Å². The van der Waals surface area contributed by atoms with Gasteiger partial charge < -0.3 is 0 Å². The molecule has 0 bridgehead atoms. The molecular weight excluding hydrogens is 542 g/mol. The SMILES string of the molecule is Cc1nc2ccccc2n1/C(=N\c1ccccc1)c1cccc(-c2c3ccccc3c(Br)c3ccccc23)c1. The summed E-state index contributed by atoms with van der Waals surface area (Å²) in [6.07, 6.45) is 0. The van der Waals surface area contributed by atoms with Gasteiger partial charge >= 0.3 is 0 Å². The van der Waals surface area contributed by atoms with E-state index in [0.29, 0.717) is 0 Å². The molecule has 7 aromatic rings. The number of hydrogen-bond donors (Lipinski definition) is 0. The van der Waals surface area contributed by atoms with Crippen LogP contribution in [0.3, 0.4) is 0 Å². The predicted molar refractivity (Wildman–Crippen MR) is 167 cm³/mol. The highest BCUT2D eigenvalue weighted by atomic mass is 79.9. The number of nitrogens with zero attached hydrogens (tertiary/aromatic N) is 3. The van der Waals surface area contributed by atoms with Gasteiger partial charge in [-0.3, -0.25) is 4.57 Å². The topological polar surface area (TPSA) is 30.2 Å². The molecule has 1 heterocycles. The Morgan fingerprint density at radius 3 is 2.00 bits per heavy atom. The van der Waals surface area contributed by atoms with E-state index in [-0.39, 0.29) is 0 Å². The minimum Gasteiger partial charge on any atom is -0.280 e. The van der Waals surface area contributed by atoms with E-state index in [4.69, 9.17) is 9.98 Å². The number of para-hydroxylation sites is 3. The van der Waals surface area contributed by atoms with Gasteiger partial charge in [0.25, 0.3) is 0 Å². The van der Waals surface area contributed by atoms with Crippen molar-refractivity contribution in [1.29, 1.82) is 0 Å². The van der Waals surface area contributed by atoms with Crippen LogP contribution in [0.2, 0.25) is 0 Å². The summed E-state index contributed by atoms with van der Waals surface area (Å²) in [5.41, 5.74) is 6.28. The third-order valence-electron chi connectivity index (χ3n) is 7.21. The summed E-state index contributed by atoms with van der Waals surface area (Å²) >= 11 is 3.89. The molecule has 0 radical (unpaired) electrons. The molecule has 0 aliphatic rings. The number of halogens is 1. The van der Waals surface area contributed by atoms with Gasteiger partial charge in [-0.25, -0.2) is 9.98 Å². The number of aliphatic imine (C=N–C) groups is 1. The van der Waals surface area contributed by atoms with Crippen LogP contribution in [0.4, 0.5) is 5.69 Å². The Hall–Kier alpha value is -4.54. The molecule has 39 heavy (non-hydrogen) atoms. The molecule has 0 unspecified atom stereocenters. The van der Waals surface area contributed by atoms with E-state index in [1.807, 2.05) is 43.3 Å². The Balaban J connectivity index is 1.52. The van der Waals surface area contributed by atoms with Gasteiger partial charge in [-0.05, 0) is 85.9 Å². The van der Waals surface area contributed by atoms with Crippen molar-refractivity contribution in [2.24, 2.45) is 4.99 Å². The van der Waals surface area contributed by atoms with Gasteiger partial charge in [0.15, 0.2) is 0 Å². The molecule has 0 aliphatic carbocycles. The molecule has 0 saturated heterocycles. The van der Waals surface area contributed by atoms with E-state index in [0.717, 1.165) is 44.0 Å². The first-order valence-corrected chi connectivity index (χ1v) is 13.8. The number of rotatable bonds is 3. The van der Waals surface area contributed by atoms with Gasteiger partial charge in [0.05, 0.1) is 16.7 Å². The molecule has 186 valence electrons. The Labute approximate surface area is 235 Å². The minimum atomic E-state index is 0.847. The van der Waals surface area contributed by atoms with Crippen LogP contribution >= 0.6 is 15.9 Å². The maximum Gasteiger partial charge on any atom is 0.146 e. The maximum absolute atomic E-state index is 5.19. The second-order valence-corrected chi connectivity index (χ2v) is 10.4. The van der Waals surface area contributed by atoms with E-state index < -0.39 is 0 Å². The van der Waals surface area contributed by atoms with Crippen molar-refractivity contribution >= 4 is 60.0 Å². The zero-order chi connectivity index (χ0) is 26.3. The van der Waals surface area contributed by atoms with Crippen LogP contribution in [0.1, 0.15) is 11.4 Å². The largest absolute Gasteiger partial charge is 0.280 e. The van der Waals surface area contributed by atoms with Crippen molar-refractivity contribution < 1.29 is 0 Å². The zero-order valence-electron chi connectivity index (χ0n) is 21.3. The van der Waals surface area contributed by atoms with Crippen LogP contribution in [0.25, 0.3) is 43.7 Å². The second-order valence-electron chi connectivity index (χ2n) is 9.62. The van der Waals surface area contributed by atoms with Gasteiger partial charge in [-0.1, -0.05) is 97.1 Å². The van der Waals surface area contributed by atoms with Gasteiger partial charge in [0, 0.05) is 10.0 Å². The average Bonchev–Trinajstić information content (AvgIpc) is 3.32. The summed E-state index contributed by atoms with van der Waals surface area (Å²) in [5.74, 6) is 1.75. The van der Waals surface area contributed by atoms with Crippen molar-refractivity contribution in [3.05, 3.63) is 143 Å². The third-order valence-corrected chi connectivity index (χ3v) is 8.06. The molecule has 0 amide bonds. The Bertz CT molecular complexity index is 1980. The van der Waals surface area contributed by atoms with Crippen molar-refractivity contribution in [1.82, 2.24) is 9.55 Å². The molecule has 0 spiro atoms. The van der Waals surface area contributed by atoms with Gasteiger partial charge in [-0.2, -0.15) is 0 Å². The first kappa shape index (κ1) is 23.6. The second kappa shape index (κ2) is 9.64. The van der Waals surface area contributed by atoms with Crippen LogP contribution in [0.15, 0.2) is 137 Å². The summed E-state index contributed by atoms with van der Waals surface area (Å²) in [7, 11) is 0. The number of fused-ring (bicyclic) bond motifs is 3. The molecule has 4 heteroatoms. The van der Waals surface area contributed by atoms with E-state index in [1.54, 1.807) is 0 Å². The van der Waals surface area contributed by atoms with Crippen molar-refractivity contribution in [3.8, 4) is 11.1 Å². The lowest BCUT2D eigenvalue weighted by Crippen LogP contribution is -2.15. The first-order valence-electron chi connectivity index (χ1n) is 13.0. The predicted octanol–water partition coefficient (Wildman–Crippen LogP) is 9.71. The molecule has 7 rings (SSSR count). The molecule has 0 aliphatic heterocycles. The lowest BCUT2D eigenvalue weighted by Gasteiger charge is -2.16. The number of imidazole rings is 1. The standard InChI is InChI=1S/C35H24BrN3/c1-23-37-31-20-9-10-21-32(31)39(23)35(38-26-14-3-2-4-15-26)25-13-11-12-24(22-25)33-27-16-5-7-18-29(27)34(36)30-19-8-6-17-28(30)33/h2-22H,1H3/b38-35-. The van der Waals surface area contributed by atoms with Crippen LogP contribution < -0.4 is 0 Å². The van der Waals surface area contributed by atoms with Crippen LogP contribution in [-0.4, -0.2) is 15.4 Å². The van der Waals surface area contributed by atoms with Crippen molar-refractivity contribution in [2.45, 2.75) is 6.92 Å². The lowest BCUT2D eigenvalue weighted by molar-refractivity contribution is 1.05. The monoisotopic (exact) mass is 565 g/mol. The highest BCUT2D eigenvalue weighted by molar-refractivity contribution is 9.10. The average molecular weight is 567 g/mol. The number of aryl methyl sites for hydroxylation is 1.